The lowest BCUT2D eigenvalue weighted by Gasteiger charge is -2.22. The van der Waals surface area contributed by atoms with E-state index < -0.39 is 12.0 Å². The Bertz CT molecular complexity index is 1670. The molecule has 0 fully saturated rings. The minimum atomic E-state index is -1.03. The fraction of sp³-hybridized carbons (Fsp3) is 0.139. The summed E-state index contributed by atoms with van der Waals surface area (Å²) in [6.07, 6.45) is 0.198. The average Bonchev–Trinajstić information content (AvgIpc) is 3.60. The van der Waals surface area contributed by atoms with Crippen molar-refractivity contribution in [2.45, 2.75) is 19.0 Å². The van der Waals surface area contributed by atoms with Crippen LogP contribution in [0.4, 0.5) is 5.69 Å². The fourth-order valence-electron chi connectivity index (χ4n) is 4.78. The zero-order valence-electron chi connectivity index (χ0n) is 24.0. The number of benzene rings is 4. The number of carbonyl (C=O) groups excluding carboxylic acids is 2. The van der Waals surface area contributed by atoms with Gasteiger partial charge >= 0.3 is 5.97 Å². The number of carboxylic acid groups (broad SMARTS) is 1. The second-order valence-electron chi connectivity index (χ2n) is 10.2. The maximum atomic E-state index is 13.1. The van der Waals surface area contributed by atoms with Gasteiger partial charge < -0.3 is 20.1 Å². The van der Waals surface area contributed by atoms with Crippen LogP contribution < -0.4 is 10.1 Å². The molecule has 5 aromatic rings. The van der Waals surface area contributed by atoms with Crippen LogP contribution in [-0.2, 0) is 17.8 Å². The maximum absolute atomic E-state index is 13.1. The van der Waals surface area contributed by atoms with Gasteiger partial charge in [0.05, 0.1) is 11.4 Å². The number of hydrogen-bond donors (Lipinski definition) is 2. The van der Waals surface area contributed by atoms with Crippen molar-refractivity contribution in [3.63, 3.8) is 0 Å². The molecule has 0 unspecified atom stereocenters. The van der Waals surface area contributed by atoms with Gasteiger partial charge in [-0.2, -0.15) is 0 Å². The molecule has 1 amide bonds. The number of hydrogen-bond acceptors (Lipinski definition) is 6. The van der Waals surface area contributed by atoms with E-state index in [9.17, 15) is 19.5 Å². The van der Waals surface area contributed by atoms with Crippen molar-refractivity contribution in [3.05, 3.63) is 154 Å². The smallest absolute Gasteiger partial charge is 0.326 e. The van der Waals surface area contributed by atoms with Crippen LogP contribution in [0.5, 0.6) is 5.75 Å². The van der Waals surface area contributed by atoms with Crippen LogP contribution >= 0.6 is 11.3 Å². The summed E-state index contributed by atoms with van der Waals surface area (Å²) in [7, 11) is 0. The van der Waals surface area contributed by atoms with Crippen molar-refractivity contribution in [1.82, 2.24) is 4.90 Å². The first-order valence-corrected chi connectivity index (χ1v) is 15.1. The zero-order chi connectivity index (χ0) is 30.7. The van der Waals surface area contributed by atoms with Gasteiger partial charge in [0.2, 0.25) is 0 Å². The second kappa shape index (κ2) is 14.8. The van der Waals surface area contributed by atoms with E-state index in [1.807, 2.05) is 66.0 Å². The summed E-state index contributed by atoms with van der Waals surface area (Å²) >= 11 is 1.41. The number of aliphatic carboxylic acids is 1. The first-order chi connectivity index (χ1) is 21.5. The Labute approximate surface area is 260 Å². The highest BCUT2D eigenvalue weighted by Gasteiger charge is 2.22. The van der Waals surface area contributed by atoms with Crippen molar-refractivity contribution in [2.24, 2.45) is 0 Å². The number of nitrogens with zero attached hydrogens (tertiary/aromatic N) is 1. The van der Waals surface area contributed by atoms with Gasteiger partial charge in [0.15, 0.2) is 5.78 Å². The van der Waals surface area contributed by atoms with Crippen LogP contribution in [-0.4, -0.2) is 46.9 Å². The molecule has 0 aliphatic heterocycles. The molecule has 1 aromatic heterocycles. The Morgan fingerprint density at radius 3 is 2.14 bits per heavy atom. The van der Waals surface area contributed by atoms with E-state index in [-0.39, 0.29) is 18.1 Å². The van der Waals surface area contributed by atoms with Gasteiger partial charge in [-0.15, -0.1) is 11.3 Å². The molecule has 0 saturated heterocycles. The average molecular weight is 605 g/mol. The Kier molecular flexibility index (Phi) is 10.2. The molecule has 44 heavy (non-hydrogen) atoms. The molecular formula is C36H32N2O5S. The van der Waals surface area contributed by atoms with Gasteiger partial charge in [0.25, 0.3) is 5.91 Å². The van der Waals surface area contributed by atoms with E-state index in [0.717, 1.165) is 11.1 Å². The van der Waals surface area contributed by atoms with E-state index in [1.165, 1.54) is 11.3 Å². The van der Waals surface area contributed by atoms with Gasteiger partial charge in [-0.25, -0.2) is 4.79 Å². The fourth-order valence-corrected chi connectivity index (χ4v) is 5.47. The monoisotopic (exact) mass is 604 g/mol. The highest BCUT2D eigenvalue weighted by Crippen LogP contribution is 2.22. The summed E-state index contributed by atoms with van der Waals surface area (Å²) in [5.74, 6) is -0.627. The van der Waals surface area contributed by atoms with Gasteiger partial charge in [0.1, 0.15) is 18.4 Å². The Morgan fingerprint density at radius 2 is 1.45 bits per heavy atom. The number of ketones is 1. The highest BCUT2D eigenvalue weighted by atomic mass is 32.1. The van der Waals surface area contributed by atoms with Gasteiger partial charge in [-0.3, -0.25) is 9.59 Å². The number of carboxylic acids is 1. The number of rotatable bonds is 14. The van der Waals surface area contributed by atoms with Crippen molar-refractivity contribution in [2.75, 3.05) is 18.5 Å². The molecule has 4 aromatic carbocycles. The van der Waals surface area contributed by atoms with Crippen LogP contribution in [0.15, 0.2) is 127 Å². The molecule has 0 aliphatic rings. The quantitative estimate of drug-likeness (QED) is 0.135. The first-order valence-electron chi connectivity index (χ1n) is 14.2. The molecule has 0 aliphatic carbocycles. The van der Waals surface area contributed by atoms with Crippen LogP contribution in [0.2, 0.25) is 0 Å². The molecular weight excluding hydrogens is 572 g/mol. The number of ether oxygens (including phenoxy) is 1. The minimum absolute atomic E-state index is 0.0398. The molecule has 5 rings (SSSR count). The summed E-state index contributed by atoms with van der Waals surface area (Å²) in [6, 6.07) is 35.6. The standard InChI is InChI=1S/C36H32N2O5S/c39-34(28-12-5-2-6-13-28)30-14-7-8-15-31(30)37-32(36(41)42)24-26-17-19-29(20-18-26)43-22-21-38(25-27-10-3-1-4-11-27)35(40)33-16-9-23-44-33/h1-20,23,32,37H,21-22,24-25H2,(H,41,42)/t32-/m0/s1. The number of para-hydroxylation sites is 1. The van der Waals surface area contributed by atoms with Crippen LogP contribution in [0.1, 0.15) is 36.7 Å². The molecule has 1 atom stereocenters. The van der Waals surface area contributed by atoms with Crippen LogP contribution in [0, 0.1) is 0 Å². The lowest BCUT2D eigenvalue weighted by atomic mass is 10.00. The number of carbonyl (C=O) groups is 3. The molecule has 222 valence electrons. The lowest BCUT2D eigenvalue weighted by molar-refractivity contribution is -0.137. The van der Waals surface area contributed by atoms with Gasteiger partial charge in [0, 0.05) is 29.8 Å². The van der Waals surface area contributed by atoms with Gasteiger partial charge in [-0.1, -0.05) is 91.0 Å². The molecule has 0 saturated carbocycles. The Morgan fingerprint density at radius 1 is 0.773 bits per heavy atom. The third-order valence-corrected chi connectivity index (χ3v) is 7.92. The van der Waals surface area contributed by atoms with Crippen LogP contribution in [0.25, 0.3) is 0 Å². The summed E-state index contributed by atoms with van der Waals surface area (Å²) in [6.45, 7) is 1.18. The van der Waals surface area contributed by atoms with Crippen LogP contribution in [0.3, 0.4) is 0 Å². The normalized spacial score (nSPS) is 11.4. The van der Waals surface area contributed by atoms with Crippen molar-refractivity contribution < 1.29 is 24.2 Å². The molecule has 0 bridgehead atoms. The van der Waals surface area contributed by atoms with Crippen molar-refractivity contribution in [1.29, 1.82) is 0 Å². The number of nitrogens with one attached hydrogen (secondary N) is 1. The first kappa shape index (κ1) is 30.3. The largest absolute Gasteiger partial charge is 0.492 e. The third-order valence-electron chi connectivity index (χ3n) is 7.06. The maximum Gasteiger partial charge on any atom is 0.326 e. The Hall–Kier alpha value is -5.21. The molecule has 8 heteroatoms. The Balaban J connectivity index is 1.20. The van der Waals surface area contributed by atoms with Crippen molar-refractivity contribution in [3.8, 4) is 5.75 Å². The lowest BCUT2D eigenvalue weighted by Crippen LogP contribution is -2.33. The SMILES string of the molecule is O=C(c1ccccc1)c1ccccc1N[C@@H](Cc1ccc(OCCN(Cc2ccccc2)C(=O)c2cccs2)cc1)C(=O)O. The van der Waals surface area contributed by atoms with Crippen molar-refractivity contribution >= 4 is 34.7 Å². The van der Waals surface area contributed by atoms with Gasteiger partial charge in [-0.05, 0) is 46.8 Å². The van der Waals surface area contributed by atoms with E-state index in [2.05, 4.69) is 5.32 Å². The molecule has 0 spiro atoms. The zero-order valence-corrected chi connectivity index (χ0v) is 24.8. The summed E-state index contributed by atoms with van der Waals surface area (Å²) in [5, 5.41) is 14.9. The predicted octanol–water partition coefficient (Wildman–Crippen LogP) is 6.81. The molecule has 0 radical (unpaired) electrons. The highest BCUT2D eigenvalue weighted by molar-refractivity contribution is 7.12. The van der Waals surface area contributed by atoms with E-state index >= 15 is 0 Å². The molecule has 2 N–H and O–H groups in total. The third kappa shape index (κ3) is 7.99. The summed E-state index contributed by atoms with van der Waals surface area (Å²) < 4.78 is 5.97. The van der Waals surface area contributed by atoms with E-state index in [0.29, 0.717) is 47.1 Å². The summed E-state index contributed by atoms with van der Waals surface area (Å²) in [5.41, 5.74) is 3.24. The number of amides is 1. The minimum Gasteiger partial charge on any atom is -0.492 e. The predicted molar refractivity (Wildman–Crippen MR) is 173 cm³/mol. The van der Waals surface area contributed by atoms with E-state index in [4.69, 9.17) is 4.74 Å². The topological polar surface area (TPSA) is 95.9 Å². The summed E-state index contributed by atoms with van der Waals surface area (Å²) in [4.78, 5) is 40.9. The molecule has 1 heterocycles. The molecule has 7 nitrogen and oxygen atoms in total. The number of thiophene rings is 1. The van der Waals surface area contributed by atoms with E-state index in [1.54, 1.807) is 65.6 Å². The number of anilines is 1. The second-order valence-corrected chi connectivity index (χ2v) is 11.1.